The molecule has 0 aromatic carbocycles. The van der Waals surface area contributed by atoms with Crippen LogP contribution in [0.4, 0.5) is 0 Å². The largest absolute Gasteiger partial charge is 0.480 e. The minimum Gasteiger partial charge on any atom is -0.480 e. The Morgan fingerprint density at radius 1 is 1.53 bits per heavy atom. The van der Waals surface area contributed by atoms with Crippen LogP contribution in [0.3, 0.4) is 0 Å². The number of carbonyl (C=O) groups is 1. The smallest absolute Gasteiger partial charge is 0.322 e. The number of aliphatic carboxylic acids is 1. The quantitative estimate of drug-likeness (QED) is 0.627. The lowest BCUT2D eigenvalue weighted by Gasteiger charge is -2.24. The predicted molar refractivity (Wildman–Crippen MR) is 59.9 cm³/mol. The van der Waals surface area contributed by atoms with E-state index in [-0.39, 0.29) is 0 Å². The molecule has 1 aliphatic carbocycles. The number of nitrogens with one attached hydrogen (secondary N) is 1. The van der Waals surface area contributed by atoms with Crippen molar-refractivity contribution in [2.45, 2.75) is 32.7 Å². The Hall–Kier alpha value is -0.610. The molecule has 0 heterocycles. The fourth-order valence-electron chi connectivity index (χ4n) is 1.73. The Kier molecular flexibility index (Phi) is 5.05. The van der Waals surface area contributed by atoms with E-state index in [4.69, 9.17) is 5.11 Å². The molecule has 2 N–H and O–H groups in total. The lowest BCUT2D eigenvalue weighted by molar-refractivity contribution is -0.140. The summed E-state index contributed by atoms with van der Waals surface area (Å²) >= 11 is 0. The summed E-state index contributed by atoms with van der Waals surface area (Å²) in [5.41, 5.74) is 0. The van der Waals surface area contributed by atoms with Crippen molar-refractivity contribution in [2.75, 3.05) is 26.2 Å². The molecule has 0 aromatic rings. The molecule has 1 atom stereocenters. The Morgan fingerprint density at radius 3 is 2.60 bits per heavy atom. The number of carboxylic acids is 1. The molecule has 4 nitrogen and oxygen atoms in total. The van der Waals surface area contributed by atoms with Gasteiger partial charge in [-0.2, -0.15) is 0 Å². The molecule has 1 aliphatic rings. The van der Waals surface area contributed by atoms with Gasteiger partial charge in [-0.1, -0.05) is 13.8 Å². The highest BCUT2D eigenvalue weighted by Crippen LogP contribution is 2.29. The van der Waals surface area contributed by atoms with E-state index in [1.165, 1.54) is 12.8 Å². The Bertz CT molecular complexity index is 205. The maximum absolute atomic E-state index is 11.0. The van der Waals surface area contributed by atoms with Crippen molar-refractivity contribution < 1.29 is 9.90 Å². The Labute approximate surface area is 91.6 Å². The van der Waals surface area contributed by atoms with E-state index >= 15 is 0 Å². The van der Waals surface area contributed by atoms with Gasteiger partial charge in [-0.05, 0) is 31.8 Å². The van der Waals surface area contributed by atoms with Gasteiger partial charge in [-0.3, -0.25) is 4.79 Å². The summed E-state index contributed by atoms with van der Waals surface area (Å²) in [5.74, 6) is 0.0760. The van der Waals surface area contributed by atoms with Gasteiger partial charge in [0.25, 0.3) is 0 Å². The first-order chi connectivity index (χ1) is 7.17. The molecule has 15 heavy (non-hydrogen) atoms. The molecule has 0 aliphatic heterocycles. The molecule has 0 spiro atoms. The number of nitrogens with zero attached hydrogens (tertiary/aromatic N) is 1. The van der Waals surface area contributed by atoms with Crippen molar-refractivity contribution in [1.82, 2.24) is 10.2 Å². The van der Waals surface area contributed by atoms with Crippen LogP contribution in [0.15, 0.2) is 0 Å². The molecule has 0 radical (unpaired) electrons. The zero-order valence-electron chi connectivity index (χ0n) is 9.70. The van der Waals surface area contributed by atoms with Gasteiger partial charge in [0, 0.05) is 13.1 Å². The monoisotopic (exact) mass is 214 g/mol. The first-order valence-corrected chi connectivity index (χ1v) is 5.85. The minimum atomic E-state index is -0.744. The second kappa shape index (κ2) is 6.08. The van der Waals surface area contributed by atoms with Gasteiger partial charge in [-0.25, -0.2) is 0 Å². The van der Waals surface area contributed by atoms with Gasteiger partial charge < -0.3 is 15.3 Å². The third-order valence-electron chi connectivity index (χ3n) is 2.85. The fourth-order valence-corrected chi connectivity index (χ4v) is 1.73. The number of rotatable bonds is 8. The van der Waals surface area contributed by atoms with Crippen LogP contribution >= 0.6 is 0 Å². The Morgan fingerprint density at radius 2 is 2.20 bits per heavy atom. The molecule has 1 saturated carbocycles. The molecular formula is C11H22N2O2. The molecule has 0 saturated heterocycles. The van der Waals surface area contributed by atoms with E-state index in [0.717, 1.165) is 19.0 Å². The summed E-state index contributed by atoms with van der Waals surface area (Å²) in [6.07, 6.45) is 2.63. The average molecular weight is 214 g/mol. The zero-order chi connectivity index (χ0) is 11.3. The van der Waals surface area contributed by atoms with Gasteiger partial charge in [0.1, 0.15) is 6.04 Å². The molecule has 88 valence electrons. The summed E-state index contributed by atoms with van der Waals surface area (Å²) in [6.45, 7) is 7.35. The predicted octanol–water partition coefficient (Wildman–Crippen LogP) is 0.781. The number of hydrogen-bond acceptors (Lipinski definition) is 3. The van der Waals surface area contributed by atoms with E-state index in [1.54, 1.807) is 0 Å². The summed E-state index contributed by atoms with van der Waals surface area (Å²) in [5, 5.41) is 12.0. The van der Waals surface area contributed by atoms with Gasteiger partial charge >= 0.3 is 5.97 Å². The summed E-state index contributed by atoms with van der Waals surface area (Å²) in [4.78, 5) is 13.2. The first kappa shape index (κ1) is 12.5. The average Bonchev–Trinajstić information content (AvgIpc) is 2.99. The van der Waals surface area contributed by atoms with Crippen molar-refractivity contribution in [3.8, 4) is 0 Å². The van der Waals surface area contributed by atoms with E-state index in [2.05, 4.69) is 17.1 Å². The van der Waals surface area contributed by atoms with E-state index in [9.17, 15) is 4.79 Å². The molecule has 1 unspecified atom stereocenters. The highest BCUT2D eigenvalue weighted by Gasteiger charge is 2.26. The first-order valence-electron chi connectivity index (χ1n) is 5.85. The molecule has 1 rings (SSSR count). The summed E-state index contributed by atoms with van der Waals surface area (Å²) in [7, 11) is 0. The van der Waals surface area contributed by atoms with Crippen LogP contribution in [0.25, 0.3) is 0 Å². The van der Waals surface area contributed by atoms with Crippen LogP contribution in [0.1, 0.15) is 26.7 Å². The SMILES string of the molecule is CCNC(CN(CC)CC1CC1)C(=O)O. The number of carboxylic acid groups (broad SMARTS) is 1. The molecule has 1 fully saturated rings. The molecule has 0 amide bonds. The molecule has 0 bridgehead atoms. The zero-order valence-corrected chi connectivity index (χ0v) is 9.70. The third-order valence-corrected chi connectivity index (χ3v) is 2.85. The second-order valence-corrected chi connectivity index (χ2v) is 4.24. The highest BCUT2D eigenvalue weighted by molar-refractivity contribution is 5.73. The molecule has 0 aromatic heterocycles. The third kappa shape index (κ3) is 4.62. The van der Waals surface area contributed by atoms with Crippen molar-refractivity contribution in [3.05, 3.63) is 0 Å². The van der Waals surface area contributed by atoms with Gasteiger partial charge in [0.15, 0.2) is 0 Å². The normalized spacial score (nSPS) is 18.1. The maximum atomic E-state index is 11.0. The van der Waals surface area contributed by atoms with Crippen molar-refractivity contribution >= 4 is 5.97 Å². The van der Waals surface area contributed by atoms with E-state index < -0.39 is 12.0 Å². The van der Waals surface area contributed by atoms with Crippen LogP contribution in [0.5, 0.6) is 0 Å². The number of likely N-dealkylation sites (N-methyl/N-ethyl adjacent to an activating group) is 2. The summed E-state index contributed by atoms with van der Waals surface area (Å²) < 4.78 is 0. The van der Waals surface area contributed by atoms with Gasteiger partial charge in [-0.15, -0.1) is 0 Å². The maximum Gasteiger partial charge on any atom is 0.322 e. The van der Waals surface area contributed by atoms with Crippen LogP contribution in [-0.4, -0.2) is 48.2 Å². The van der Waals surface area contributed by atoms with Crippen LogP contribution in [0, 0.1) is 5.92 Å². The van der Waals surface area contributed by atoms with E-state index in [0.29, 0.717) is 13.1 Å². The van der Waals surface area contributed by atoms with Gasteiger partial charge in [0.2, 0.25) is 0 Å². The van der Waals surface area contributed by atoms with Crippen LogP contribution < -0.4 is 5.32 Å². The van der Waals surface area contributed by atoms with Crippen molar-refractivity contribution in [3.63, 3.8) is 0 Å². The number of hydrogen-bond donors (Lipinski definition) is 2. The van der Waals surface area contributed by atoms with Crippen LogP contribution in [0.2, 0.25) is 0 Å². The topological polar surface area (TPSA) is 52.6 Å². The van der Waals surface area contributed by atoms with Gasteiger partial charge in [0.05, 0.1) is 0 Å². The van der Waals surface area contributed by atoms with Crippen molar-refractivity contribution in [2.24, 2.45) is 5.92 Å². The second-order valence-electron chi connectivity index (χ2n) is 4.24. The molecular weight excluding hydrogens is 192 g/mol. The standard InChI is InChI=1S/C11H22N2O2/c1-3-12-10(11(14)15)8-13(4-2)7-9-5-6-9/h9-10,12H,3-8H2,1-2H3,(H,14,15). The fraction of sp³-hybridized carbons (Fsp3) is 0.909. The minimum absolute atomic E-state index is 0.423. The lowest BCUT2D eigenvalue weighted by atomic mass is 10.2. The van der Waals surface area contributed by atoms with Crippen molar-refractivity contribution in [1.29, 1.82) is 0 Å². The van der Waals surface area contributed by atoms with Crippen LogP contribution in [-0.2, 0) is 4.79 Å². The molecule has 4 heteroatoms. The highest BCUT2D eigenvalue weighted by atomic mass is 16.4. The lowest BCUT2D eigenvalue weighted by Crippen LogP contribution is -2.46. The summed E-state index contributed by atoms with van der Waals surface area (Å²) in [6, 6.07) is -0.423. The van der Waals surface area contributed by atoms with E-state index in [1.807, 2.05) is 6.92 Å². The Balaban J connectivity index is 2.34.